The van der Waals surface area contributed by atoms with Gasteiger partial charge >= 0.3 is 0 Å². The highest BCUT2D eigenvalue weighted by Gasteiger charge is 2.14. The van der Waals surface area contributed by atoms with Crippen molar-refractivity contribution in [3.8, 4) is 11.5 Å². The third-order valence-corrected chi connectivity index (χ3v) is 6.55. The maximum absolute atomic E-state index is 12.3. The number of methoxy groups -OCH3 is 1. The van der Waals surface area contributed by atoms with E-state index in [4.69, 9.17) is 32.7 Å². The smallest absolute Gasteiger partial charge is 0.276 e. The SMILES string of the molecule is COc1cc(/C=N\NS(=O)(=O)c2ccc(I)cc2)cc(Cl)c1OCc1ccc(Cl)cc1. The predicted molar refractivity (Wildman–Crippen MR) is 131 cm³/mol. The topological polar surface area (TPSA) is 77.0 Å². The molecule has 0 unspecified atom stereocenters. The molecule has 1 N–H and O–H groups in total. The fourth-order valence-corrected chi connectivity index (χ4v) is 4.08. The lowest BCUT2D eigenvalue weighted by Gasteiger charge is -2.13. The zero-order chi connectivity index (χ0) is 22.4. The summed E-state index contributed by atoms with van der Waals surface area (Å²) in [5.74, 6) is 0.763. The van der Waals surface area contributed by atoms with Gasteiger partial charge in [-0.05, 0) is 82.2 Å². The largest absolute Gasteiger partial charge is 0.493 e. The van der Waals surface area contributed by atoms with Gasteiger partial charge < -0.3 is 9.47 Å². The van der Waals surface area contributed by atoms with Crippen molar-refractivity contribution in [3.05, 3.63) is 85.4 Å². The van der Waals surface area contributed by atoms with Crippen LogP contribution in [0.3, 0.4) is 0 Å². The molecule has 3 aromatic rings. The molecule has 0 bridgehead atoms. The number of nitrogens with one attached hydrogen (secondary N) is 1. The average Bonchev–Trinajstić information content (AvgIpc) is 2.74. The summed E-state index contributed by atoms with van der Waals surface area (Å²) in [5, 5.41) is 4.77. The van der Waals surface area contributed by atoms with Gasteiger partial charge in [0.1, 0.15) is 6.61 Å². The minimum Gasteiger partial charge on any atom is -0.493 e. The average molecular weight is 591 g/mol. The Hall–Kier alpha value is -2.01. The van der Waals surface area contributed by atoms with E-state index in [0.29, 0.717) is 27.1 Å². The summed E-state index contributed by atoms with van der Waals surface area (Å²) in [4.78, 5) is 2.30. The van der Waals surface area contributed by atoms with Gasteiger partial charge in [0.25, 0.3) is 10.0 Å². The quantitative estimate of drug-likeness (QED) is 0.214. The number of hydrogen-bond donors (Lipinski definition) is 1. The second-order valence-corrected chi connectivity index (χ2v) is 10.0. The van der Waals surface area contributed by atoms with Crippen molar-refractivity contribution >= 4 is 62.0 Å². The number of nitrogens with zero attached hydrogens (tertiary/aromatic N) is 1. The third-order valence-electron chi connectivity index (χ3n) is 4.06. The summed E-state index contributed by atoms with van der Waals surface area (Å²) in [6.07, 6.45) is 1.33. The third kappa shape index (κ3) is 6.49. The normalized spacial score (nSPS) is 11.5. The Bertz CT molecular complexity index is 1190. The molecule has 0 aliphatic carbocycles. The molecule has 10 heteroatoms. The zero-order valence-electron chi connectivity index (χ0n) is 16.2. The van der Waals surface area contributed by atoms with Crippen LogP contribution < -0.4 is 14.3 Å². The first-order valence-electron chi connectivity index (χ1n) is 8.84. The summed E-state index contributed by atoms with van der Waals surface area (Å²) in [6, 6.07) is 16.9. The van der Waals surface area contributed by atoms with E-state index >= 15 is 0 Å². The van der Waals surface area contributed by atoms with Gasteiger partial charge in [0.15, 0.2) is 11.5 Å². The molecule has 0 aliphatic heterocycles. The minimum absolute atomic E-state index is 0.117. The molecule has 162 valence electrons. The molecule has 0 spiro atoms. The molecule has 0 atom stereocenters. The van der Waals surface area contributed by atoms with Gasteiger partial charge in [-0.15, -0.1) is 0 Å². The first-order valence-corrected chi connectivity index (χ1v) is 12.2. The van der Waals surface area contributed by atoms with Crippen molar-refractivity contribution in [1.29, 1.82) is 0 Å². The molecular weight excluding hydrogens is 574 g/mol. The van der Waals surface area contributed by atoms with E-state index in [0.717, 1.165) is 9.13 Å². The summed E-state index contributed by atoms with van der Waals surface area (Å²) < 4.78 is 36.7. The van der Waals surface area contributed by atoms with Crippen LogP contribution in [0.5, 0.6) is 11.5 Å². The van der Waals surface area contributed by atoms with Gasteiger partial charge in [-0.2, -0.15) is 13.5 Å². The van der Waals surface area contributed by atoms with Crippen LogP contribution in [0.15, 0.2) is 70.7 Å². The lowest BCUT2D eigenvalue weighted by Crippen LogP contribution is -2.18. The molecule has 0 radical (unpaired) electrons. The van der Waals surface area contributed by atoms with Crippen LogP contribution in [0.2, 0.25) is 10.0 Å². The highest BCUT2D eigenvalue weighted by atomic mass is 127. The number of benzene rings is 3. The molecule has 0 fully saturated rings. The highest BCUT2D eigenvalue weighted by molar-refractivity contribution is 14.1. The van der Waals surface area contributed by atoms with Crippen molar-refractivity contribution in [1.82, 2.24) is 4.83 Å². The number of rotatable bonds is 8. The van der Waals surface area contributed by atoms with Crippen molar-refractivity contribution < 1.29 is 17.9 Å². The Morgan fingerprint density at radius 2 is 1.74 bits per heavy atom. The first-order chi connectivity index (χ1) is 14.8. The highest BCUT2D eigenvalue weighted by Crippen LogP contribution is 2.36. The van der Waals surface area contributed by atoms with E-state index < -0.39 is 10.0 Å². The maximum atomic E-state index is 12.3. The first kappa shape index (κ1) is 23.6. The molecule has 0 saturated carbocycles. The number of hydrogen-bond acceptors (Lipinski definition) is 5. The second kappa shape index (κ2) is 10.5. The van der Waals surface area contributed by atoms with E-state index in [9.17, 15) is 8.42 Å². The van der Waals surface area contributed by atoms with Gasteiger partial charge in [-0.3, -0.25) is 0 Å². The van der Waals surface area contributed by atoms with Crippen LogP contribution >= 0.6 is 45.8 Å². The van der Waals surface area contributed by atoms with Gasteiger partial charge in [0.2, 0.25) is 0 Å². The Balaban J connectivity index is 1.72. The number of sulfonamides is 1. The van der Waals surface area contributed by atoms with E-state index in [2.05, 4.69) is 32.5 Å². The van der Waals surface area contributed by atoms with Gasteiger partial charge in [0, 0.05) is 8.59 Å². The van der Waals surface area contributed by atoms with Crippen LogP contribution in [-0.2, 0) is 16.6 Å². The van der Waals surface area contributed by atoms with Crippen molar-refractivity contribution in [2.45, 2.75) is 11.5 Å². The van der Waals surface area contributed by atoms with E-state index in [1.807, 2.05) is 12.1 Å². The second-order valence-electron chi connectivity index (χ2n) is 6.26. The molecule has 0 amide bonds. The van der Waals surface area contributed by atoms with Crippen molar-refractivity contribution in [2.75, 3.05) is 7.11 Å². The van der Waals surface area contributed by atoms with Gasteiger partial charge in [-0.1, -0.05) is 35.3 Å². The fourth-order valence-electron chi connectivity index (χ4n) is 2.53. The summed E-state index contributed by atoms with van der Waals surface area (Å²) in [7, 11) is -2.29. The minimum atomic E-state index is -3.77. The monoisotopic (exact) mass is 590 g/mol. The standard InChI is InChI=1S/C21H17Cl2IN2O4S/c1-29-20-11-15(12-25-26-31(27,28)18-8-6-17(24)7-9-18)10-19(23)21(20)30-13-14-2-4-16(22)5-3-14/h2-12,26H,13H2,1H3/b25-12-. The maximum Gasteiger partial charge on any atom is 0.276 e. The molecule has 3 rings (SSSR count). The molecule has 0 heterocycles. The number of hydrazone groups is 1. The zero-order valence-corrected chi connectivity index (χ0v) is 20.7. The molecule has 31 heavy (non-hydrogen) atoms. The molecule has 3 aromatic carbocycles. The predicted octanol–water partition coefficient (Wildman–Crippen LogP) is 5.50. The number of halogens is 3. The van der Waals surface area contributed by atoms with Crippen LogP contribution in [0.1, 0.15) is 11.1 Å². The number of ether oxygens (including phenoxy) is 2. The van der Waals surface area contributed by atoms with Gasteiger partial charge in [-0.25, -0.2) is 4.83 Å². The van der Waals surface area contributed by atoms with E-state index in [1.54, 1.807) is 36.4 Å². The molecule has 6 nitrogen and oxygen atoms in total. The van der Waals surface area contributed by atoms with Crippen LogP contribution in [0, 0.1) is 3.57 Å². The lowest BCUT2D eigenvalue weighted by molar-refractivity contribution is 0.284. The van der Waals surface area contributed by atoms with Crippen LogP contribution in [-0.4, -0.2) is 21.7 Å². The fraction of sp³-hybridized carbons (Fsp3) is 0.0952. The Morgan fingerprint density at radius 3 is 2.39 bits per heavy atom. The van der Waals surface area contributed by atoms with E-state index in [1.165, 1.54) is 25.5 Å². The molecule has 0 saturated heterocycles. The summed E-state index contributed by atoms with van der Waals surface area (Å²) in [6.45, 7) is 0.274. The lowest BCUT2D eigenvalue weighted by atomic mass is 10.2. The van der Waals surface area contributed by atoms with E-state index in [-0.39, 0.29) is 11.5 Å². The van der Waals surface area contributed by atoms with Crippen LogP contribution in [0.25, 0.3) is 0 Å². The Labute approximate surface area is 204 Å². The van der Waals surface area contributed by atoms with Crippen molar-refractivity contribution in [2.24, 2.45) is 5.10 Å². The Kier molecular flexibility index (Phi) is 8.04. The van der Waals surface area contributed by atoms with Crippen LogP contribution in [0.4, 0.5) is 0 Å². The van der Waals surface area contributed by atoms with Crippen molar-refractivity contribution in [3.63, 3.8) is 0 Å². The molecule has 0 aliphatic rings. The molecule has 0 aromatic heterocycles. The Morgan fingerprint density at radius 1 is 1.06 bits per heavy atom. The van der Waals surface area contributed by atoms with Gasteiger partial charge in [0.05, 0.1) is 23.2 Å². The summed E-state index contributed by atoms with van der Waals surface area (Å²) >= 11 is 14.3. The summed E-state index contributed by atoms with van der Waals surface area (Å²) in [5.41, 5.74) is 1.45. The molecular formula is C21H17Cl2IN2O4S.